The number of carbonyl (C=O) groups is 2. The van der Waals surface area contributed by atoms with Crippen LogP contribution in [0, 0.1) is 6.92 Å². The zero-order valence-electron chi connectivity index (χ0n) is 16.7. The number of ether oxygens (including phenoxy) is 2. The molecule has 154 valence electrons. The number of nitrogens with zero attached hydrogens (tertiary/aromatic N) is 2. The number of hydrazone groups is 1. The second-order valence-electron chi connectivity index (χ2n) is 6.82. The molecule has 2 heterocycles. The summed E-state index contributed by atoms with van der Waals surface area (Å²) in [7, 11) is 0. The predicted octanol–water partition coefficient (Wildman–Crippen LogP) is 4.14. The topological polar surface area (TPSA) is 103 Å². The fourth-order valence-corrected chi connectivity index (χ4v) is 3.56. The van der Waals surface area contributed by atoms with E-state index in [4.69, 9.17) is 13.9 Å². The molecule has 1 aliphatic carbocycles. The molecule has 3 aromatic rings. The van der Waals surface area contributed by atoms with E-state index in [0.29, 0.717) is 41.1 Å². The van der Waals surface area contributed by atoms with Crippen molar-refractivity contribution < 1.29 is 23.5 Å². The van der Waals surface area contributed by atoms with Gasteiger partial charge in [-0.25, -0.2) is 15.0 Å². The SMILES string of the molecule is CCOC(=O)N/N=C1\CCCc2oc(C(=O)Oc3cccc4cccnc34)c(C)c21. The van der Waals surface area contributed by atoms with Gasteiger partial charge in [-0.15, -0.1) is 0 Å². The van der Waals surface area contributed by atoms with Gasteiger partial charge in [0.15, 0.2) is 5.75 Å². The molecule has 4 rings (SSSR count). The maximum atomic E-state index is 12.9. The van der Waals surface area contributed by atoms with Gasteiger partial charge in [-0.2, -0.15) is 5.10 Å². The molecule has 0 bridgehead atoms. The highest BCUT2D eigenvalue weighted by molar-refractivity contribution is 6.06. The Kier molecular flexibility index (Phi) is 5.47. The highest BCUT2D eigenvalue weighted by Gasteiger charge is 2.29. The summed E-state index contributed by atoms with van der Waals surface area (Å²) >= 11 is 0. The number of hydrogen-bond acceptors (Lipinski definition) is 7. The fourth-order valence-electron chi connectivity index (χ4n) is 3.56. The number of benzene rings is 1. The number of amides is 1. The van der Waals surface area contributed by atoms with Crippen molar-refractivity contribution >= 4 is 28.7 Å². The predicted molar refractivity (Wildman–Crippen MR) is 110 cm³/mol. The highest BCUT2D eigenvalue weighted by atomic mass is 16.6. The molecule has 0 aliphatic heterocycles. The van der Waals surface area contributed by atoms with Crippen LogP contribution in [0.5, 0.6) is 5.75 Å². The molecule has 8 nitrogen and oxygen atoms in total. The summed E-state index contributed by atoms with van der Waals surface area (Å²) in [4.78, 5) is 28.7. The molecule has 1 amide bonds. The van der Waals surface area contributed by atoms with Crippen LogP contribution in [0.4, 0.5) is 4.79 Å². The van der Waals surface area contributed by atoms with Gasteiger partial charge in [0.05, 0.1) is 12.3 Å². The quantitative estimate of drug-likeness (QED) is 0.396. The lowest BCUT2D eigenvalue weighted by atomic mass is 9.93. The van der Waals surface area contributed by atoms with E-state index in [0.717, 1.165) is 17.4 Å². The van der Waals surface area contributed by atoms with Crippen molar-refractivity contribution in [3.05, 3.63) is 59.2 Å². The molecule has 0 atom stereocenters. The average molecular weight is 407 g/mol. The Hall–Kier alpha value is -3.68. The number of fused-ring (bicyclic) bond motifs is 2. The maximum Gasteiger partial charge on any atom is 0.427 e. The number of aromatic nitrogens is 1. The number of hydrogen-bond donors (Lipinski definition) is 1. The van der Waals surface area contributed by atoms with Crippen molar-refractivity contribution in [2.75, 3.05) is 6.61 Å². The van der Waals surface area contributed by atoms with Crippen LogP contribution in [0.1, 0.15) is 47.2 Å². The average Bonchev–Trinajstić information content (AvgIpc) is 3.10. The number of rotatable bonds is 4. The third-order valence-corrected chi connectivity index (χ3v) is 4.87. The molecule has 8 heteroatoms. The minimum absolute atomic E-state index is 0.124. The lowest BCUT2D eigenvalue weighted by Gasteiger charge is -2.13. The van der Waals surface area contributed by atoms with E-state index in [2.05, 4.69) is 15.5 Å². The Morgan fingerprint density at radius 1 is 1.23 bits per heavy atom. The van der Waals surface area contributed by atoms with Crippen LogP contribution in [0.25, 0.3) is 10.9 Å². The van der Waals surface area contributed by atoms with Crippen LogP contribution in [0.2, 0.25) is 0 Å². The van der Waals surface area contributed by atoms with Gasteiger partial charge in [-0.3, -0.25) is 4.98 Å². The third-order valence-electron chi connectivity index (χ3n) is 4.87. The van der Waals surface area contributed by atoms with Gasteiger partial charge in [-0.05, 0) is 38.8 Å². The zero-order valence-corrected chi connectivity index (χ0v) is 16.7. The molecule has 0 saturated heterocycles. The van der Waals surface area contributed by atoms with Crippen molar-refractivity contribution in [1.82, 2.24) is 10.4 Å². The number of aryl methyl sites for hydroxylation is 1. The molecule has 1 aromatic carbocycles. The number of furan rings is 1. The molecule has 0 saturated carbocycles. The molecular formula is C22H21N3O5. The normalized spacial score (nSPS) is 14.4. The van der Waals surface area contributed by atoms with Gasteiger partial charge < -0.3 is 13.9 Å². The second kappa shape index (κ2) is 8.36. The Morgan fingerprint density at radius 2 is 2.07 bits per heavy atom. The Labute approximate surface area is 172 Å². The molecule has 0 fully saturated rings. The number of nitrogens with one attached hydrogen (secondary N) is 1. The van der Waals surface area contributed by atoms with E-state index in [1.165, 1.54) is 0 Å². The summed E-state index contributed by atoms with van der Waals surface area (Å²) in [5, 5.41) is 5.04. The van der Waals surface area contributed by atoms with Gasteiger partial charge in [0.25, 0.3) is 0 Å². The molecule has 0 spiro atoms. The van der Waals surface area contributed by atoms with Gasteiger partial charge in [0, 0.05) is 29.1 Å². The zero-order chi connectivity index (χ0) is 21.1. The van der Waals surface area contributed by atoms with E-state index < -0.39 is 12.1 Å². The number of pyridine rings is 1. The van der Waals surface area contributed by atoms with Crippen LogP contribution >= 0.6 is 0 Å². The smallest absolute Gasteiger partial charge is 0.427 e. The highest BCUT2D eigenvalue weighted by Crippen LogP contribution is 2.31. The summed E-state index contributed by atoms with van der Waals surface area (Å²) in [5.41, 5.74) is 5.00. The van der Waals surface area contributed by atoms with Crippen LogP contribution in [-0.2, 0) is 11.2 Å². The van der Waals surface area contributed by atoms with Crippen molar-refractivity contribution in [3.8, 4) is 5.75 Å². The van der Waals surface area contributed by atoms with Crippen molar-refractivity contribution in [3.63, 3.8) is 0 Å². The van der Waals surface area contributed by atoms with E-state index in [1.54, 1.807) is 32.2 Å². The molecule has 1 N–H and O–H groups in total. The first kappa shape index (κ1) is 19.6. The molecule has 0 unspecified atom stereocenters. The summed E-state index contributed by atoms with van der Waals surface area (Å²) < 4.78 is 16.3. The third kappa shape index (κ3) is 3.76. The summed E-state index contributed by atoms with van der Waals surface area (Å²) in [6.45, 7) is 3.76. The van der Waals surface area contributed by atoms with Crippen LogP contribution in [0.15, 0.2) is 46.0 Å². The van der Waals surface area contributed by atoms with Crippen molar-refractivity contribution in [1.29, 1.82) is 0 Å². The lowest BCUT2D eigenvalue weighted by Crippen LogP contribution is -2.22. The van der Waals surface area contributed by atoms with Gasteiger partial charge in [-0.1, -0.05) is 18.2 Å². The van der Waals surface area contributed by atoms with E-state index in [-0.39, 0.29) is 12.4 Å². The van der Waals surface area contributed by atoms with Crippen LogP contribution in [0.3, 0.4) is 0 Å². The molecular weight excluding hydrogens is 386 g/mol. The van der Waals surface area contributed by atoms with E-state index >= 15 is 0 Å². The lowest BCUT2D eigenvalue weighted by molar-refractivity contribution is 0.0700. The first-order chi connectivity index (χ1) is 14.6. The van der Waals surface area contributed by atoms with Crippen molar-refractivity contribution in [2.45, 2.75) is 33.1 Å². The Morgan fingerprint density at radius 3 is 2.90 bits per heavy atom. The largest absolute Gasteiger partial charge is 0.453 e. The van der Waals surface area contributed by atoms with Crippen molar-refractivity contribution in [2.24, 2.45) is 5.10 Å². The monoisotopic (exact) mass is 407 g/mol. The van der Waals surface area contributed by atoms with E-state index in [1.807, 2.05) is 18.2 Å². The minimum atomic E-state index is -0.624. The fraction of sp³-hybridized carbons (Fsp3) is 0.273. The summed E-state index contributed by atoms with van der Waals surface area (Å²) in [5.74, 6) is 0.548. The number of esters is 1. The maximum absolute atomic E-state index is 12.9. The molecule has 2 aromatic heterocycles. The summed E-state index contributed by atoms with van der Waals surface area (Å²) in [6, 6.07) is 9.12. The van der Waals surface area contributed by atoms with Crippen LogP contribution in [-0.4, -0.2) is 29.4 Å². The minimum Gasteiger partial charge on any atom is -0.453 e. The second-order valence-corrected chi connectivity index (χ2v) is 6.82. The number of carbonyl (C=O) groups excluding carboxylic acids is 2. The standard InChI is InChI=1S/C22H21N3O5/c1-3-28-22(27)25-24-15-9-5-10-16-18(15)13(2)20(29-16)21(26)30-17-11-4-7-14-8-6-12-23-19(14)17/h4,6-8,11-12H,3,5,9-10H2,1-2H3,(H,25,27)/b24-15+. The first-order valence-corrected chi connectivity index (χ1v) is 9.76. The van der Waals surface area contributed by atoms with Gasteiger partial charge in [0.2, 0.25) is 5.76 Å². The summed E-state index contributed by atoms with van der Waals surface area (Å²) in [6.07, 6.45) is 3.15. The molecule has 0 radical (unpaired) electrons. The first-order valence-electron chi connectivity index (χ1n) is 9.76. The Bertz CT molecular complexity index is 1140. The molecule has 30 heavy (non-hydrogen) atoms. The number of para-hydroxylation sites is 1. The molecule has 1 aliphatic rings. The Balaban J connectivity index is 1.62. The van der Waals surface area contributed by atoms with Gasteiger partial charge >= 0.3 is 12.1 Å². The van der Waals surface area contributed by atoms with E-state index in [9.17, 15) is 9.59 Å². The van der Waals surface area contributed by atoms with Crippen LogP contribution < -0.4 is 10.2 Å². The van der Waals surface area contributed by atoms with Gasteiger partial charge in [0.1, 0.15) is 11.3 Å².